The van der Waals surface area contributed by atoms with Gasteiger partial charge < -0.3 is 34.6 Å². The molecular formula is C10H16N2O12P2. The van der Waals surface area contributed by atoms with Gasteiger partial charge in [0, 0.05) is 6.07 Å². The topological polar surface area (TPSA) is 229 Å². The fraction of sp³-hybridized carbons (Fsp3) is 0.600. The zero-order chi connectivity index (χ0) is 19.9. The first-order chi connectivity index (χ1) is 11.7. The van der Waals surface area contributed by atoms with E-state index in [0.717, 1.165) is 13.0 Å². The van der Waals surface area contributed by atoms with Crippen LogP contribution in [0, 0.1) is 0 Å². The smallest absolute Gasteiger partial charge is 0.387 e. The van der Waals surface area contributed by atoms with Gasteiger partial charge in [-0.15, -0.1) is 0 Å². The van der Waals surface area contributed by atoms with E-state index in [1.165, 1.54) is 0 Å². The van der Waals surface area contributed by atoms with Gasteiger partial charge in [-0.3, -0.25) is 14.3 Å². The van der Waals surface area contributed by atoms with Gasteiger partial charge in [0.15, 0.2) is 0 Å². The molecule has 26 heavy (non-hydrogen) atoms. The summed E-state index contributed by atoms with van der Waals surface area (Å²) in [6.45, 7) is 0.210. The monoisotopic (exact) mass is 418 g/mol. The number of aliphatic hydroxyl groups is 2. The Morgan fingerprint density at radius 3 is 2.42 bits per heavy atom. The standard InChI is InChI=1S/C10H16N2O12P2/c1-10(16)7(14)5(3-22-26(20,21)24-25(17,18)19)23-8(10)4-2-6(13)12-9(15)11-4/h2,5,7-8,14,16H,3H2,1H3,(H,20,21)(H2,17,18,19)(H2,11,12,13,15)/t5-,7-,8+,10-/m1/s1. The predicted molar refractivity (Wildman–Crippen MR) is 80.8 cm³/mol. The van der Waals surface area contributed by atoms with Crippen molar-refractivity contribution in [3.05, 3.63) is 32.6 Å². The zero-order valence-electron chi connectivity index (χ0n) is 13.0. The number of aromatic nitrogens is 2. The Bertz CT molecular complexity index is 843. The van der Waals surface area contributed by atoms with Crippen LogP contribution in [0.3, 0.4) is 0 Å². The van der Waals surface area contributed by atoms with Crippen molar-refractivity contribution in [2.45, 2.75) is 30.8 Å². The molecule has 1 aliphatic rings. The van der Waals surface area contributed by atoms with Crippen LogP contribution >= 0.6 is 15.6 Å². The Morgan fingerprint density at radius 2 is 1.88 bits per heavy atom. The summed E-state index contributed by atoms with van der Waals surface area (Å²) in [7, 11) is -10.5. The SMILES string of the molecule is C[C@@]1(O)[C@H](O)[C@@H](COP(=O)(O)OP(=O)(O)O)O[C@H]1c1cc(=O)[nH]c(=O)[nH]1. The highest BCUT2D eigenvalue weighted by Crippen LogP contribution is 2.57. The lowest BCUT2D eigenvalue weighted by atomic mass is 9.91. The van der Waals surface area contributed by atoms with E-state index in [1.54, 1.807) is 0 Å². The first-order valence-corrected chi connectivity index (χ1v) is 9.87. The number of ether oxygens (including phenoxy) is 1. The third-order valence-electron chi connectivity index (χ3n) is 3.47. The third kappa shape index (κ3) is 4.96. The number of hydrogen-bond donors (Lipinski definition) is 7. The second kappa shape index (κ2) is 7.09. The van der Waals surface area contributed by atoms with E-state index in [4.69, 9.17) is 14.5 Å². The van der Waals surface area contributed by atoms with Crippen LogP contribution in [0.25, 0.3) is 0 Å². The highest BCUT2D eigenvalue weighted by Gasteiger charge is 2.53. The molecule has 1 fully saturated rings. The van der Waals surface area contributed by atoms with Crippen molar-refractivity contribution in [1.82, 2.24) is 9.97 Å². The molecule has 1 aliphatic heterocycles. The molecule has 7 N–H and O–H groups in total. The van der Waals surface area contributed by atoms with Crippen LogP contribution in [-0.2, 0) is 22.7 Å². The minimum atomic E-state index is -5.33. The van der Waals surface area contributed by atoms with E-state index in [2.05, 4.69) is 13.8 Å². The maximum absolute atomic E-state index is 11.4. The molecule has 5 atom stereocenters. The summed E-state index contributed by atoms with van der Waals surface area (Å²) in [6, 6.07) is 0.907. The van der Waals surface area contributed by atoms with Gasteiger partial charge in [-0.1, -0.05) is 0 Å². The molecule has 16 heteroatoms. The molecule has 0 aliphatic carbocycles. The summed E-state index contributed by atoms with van der Waals surface area (Å²) in [6.07, 6.45) is -4.59. The Hall–Kier alpha value is -1.18. The molecule has 14 nitrogen and oxygen atoms in total. The molecular weight excluding hydrogens is 402 g/mol. The number of rotatable bonds is 6. The van der Waals surface area contributed by atoms with Crippen molar-refractivity contribution < 1.29 is 47.6 Å². The highest BCUT2D eigenvalue weighted by molar-refractivity contribution is 7.60. The fourth-order valence-corrected chi connectivity index (χ4v) is 3.99. The Labute approximate surface area is 144 Å². The lowest BCUT2D eigenvalue weighted by Crippen LogP contribution is -2.43. The maximum Gasteiger partial charge on any atom is 0.481 e. The lowest BCUT2D eigenvalue weighted by Gasteiger charge is -2.26. The average molecular weight is 418 g/mol. The fourth-order valence-electron chi connectivity index (χ4n) is 2.39. The summed E-state index contributed by atoms with van der Waals surface area (Å²) in [5.74, 6) is 0. The zero-order valence-corrected chi connectivity index (χ0v) is 14.8. The van der Waals surface area contributed by atoms with Crippen LogP contribution in [0.2, 0.25) is 0 Å². The first kappa shape index (κ1) is 21.1. The summed E-state index contributed by atoms with van der Waals surface area (Å²) in [5, 5.41) is 20.5. The van der Waals surface area contributed by atoms with Crippen molar-refractivity contribution >= 4 is 15.6 Å². The normalized spacial score (nSPS) is 31.7. The summed E-state index contributed by atoms with van der Waals surface area (Å²) in [5.41, 5.74) is -3.92. The van der Waals surface area contributed by atoms with Gasteiger partial charge in [-0.05, 0) is 6.92 Å². The molecule has 1 unspecified atom stereocenters. The molecule has 0 bridgehead atoms. The van der Waals surface area contributed by atoms with E-state index in [9.17, 15) is 33.8 Å². The van der Waals surface area contributed by atoms with Crippen LogP contribution < -0.4 is 11.2 Å². The molecule has 2 rings (SSSR count). The predicted octanol–water partition coefficient (Wildman–Crippen LogP) is -2.16. The second-order valence-electron chi connectivity index (χ2n) is 5.60. The van der Waals surface area contributed by atoms with Crippen molar-refractivity contribution in [3.8, 4) is 0 Å². The van der Waals surface area contributed by atoms with Crippen LogP contribution in [0.5, 0.6) is 0 Å². The maximum atomic E-state index is 11.4. The van der Waals surface area contributed by atoms with Crippen molar-refractivity contribution in [2.75, 3.05) is 6.61 Å². The van der Waals surface area contributed by atoms with E-state index in [0.29, 0.717) is 0 Å². The number of aliphatic hydroxyl groups excluding tert-OH is 1. The minimum Gasteiger partial charge on any atom is -0.387 e. The van der Waals surface area contributed by atoms with Gasteiger partial charge in [0.2, 0.25) is 0 Å². The second-order valence-corrected chi connectivity index (χ2v) is 8.43. The number of aromatic amines is 2. The van der Waals surface area contributed by atoms with E-state index in [1.807, 2.05) is 4.98 Å². The van der Waals surface area contributed by atoms with Crippen LogP contribution in [0.15, 0.2) is 15.7 Å². The molecule has 0 radical (unpaired) electrons. The van der Waals surface area contributed by atoms with Crippen LogP contribution in [-0.4, -0.2) is 59.3 Å². The van der Waals surface area contributed by atoms with Gasteiger partial charge in [0.1, 0.15) is 23.9 Å². The van der Waals surface area contributed by atoms with Crippen LogP contribution in [0.4, 0.5) is 0 Å². The van der Waals surface area contributed by atoms with Crippen LogP contribution in [0.1, 0.15) is 18.7 Å². The minimum absolute atomic E-state index is 0.177. The summed E-state index contributed by atoms with van der Waals surface area (Å²) >= 11 is 0. The Balaban J connectivity index is 2.18. The largest absolute Gasteiger partial charge is 0.481 e. The molecule has 1 aromatic rings. The van der Waals surface area contributed by atoms with Crippen molar-refractivity contribution in [2.24, 2.45) is 0 Å². The first-order valence-electron chi connectivity index (χ1n) is 6.85. The number of H-pyrrole nitrogens is 2. The van der Waals surface area contributed by atoms with E-state index >= 15 is 0 Å². The van der Waals surface area contributed by atoms with Gasteiger partial charge in [0.25, 0.3) is 5.56 Å². The molecule has 2 heterocycles. The number of hydrogen-bond acceptors (Lipinski definition) is 9. The van der Waals surface area contributed by atoms with Crippen molar-refractivity contribution in [1.29, 1.82) is 0 Å². The van der Waals surface area contributed by atoms with Gasteiger partial charge >= 0.3 is 21.3 Å². The van der Waals surface area contributed by atoms with Gasteiger partial charge in [0.05, 0.1) is 12.3 Å². The van der Waals surface area contributed by atoms with Gasteiger partial charge in [-0.2, -0.15) is 4.31 Å². The van der Waals surface area contributed by atoms with E-state index < -0.39 is 57.4 Å². The average Bonchev–Trinajstić information content (AvgIpc) is 2.64. The quantitative estimate of drug-likeness (QED) is 0.245. The molecule has 0 amide bonds. The number of phosphoric ester groups is 1. The van der Waals surface area contributed by atoms with Gasteiger partial charge in [-0.25, -0.2) is 13.9 Å². The Kier molecular flexibility index (Phi) is 5.76. The molecule has 0 aromatic carbocycles. The van der Waals surface area contributed by atoms with Crippen molar-refractivity contribution in [3.63, 3.8) is 0 Å². The number of phosphoric acid groups is 2. The molecule has 0 saturated carbocycles. The van der Waals surface area contributed by atoms with E-state index in [-0.39, 0.29) is 5.69 Å². The third-order valence-corrected chi connectivity index (χ3v) is 5.62. The molecule has 1 saturated heterocycles. The molecule has 0 spiro atoms. The highest BCUT2D eigenvalue weighted by atomic mass is 31.3. The number of nitrogens with one attached hydrogen (secondary N) is 2. The lowest BCUT2D eigenvalue weighted by molar-refractivity contribution is -0.0660. The summed E-state index contributed by atoms with van der Waals surface area (Å²) in [4.78, 5) is 53.1. The molecule has 1 aromatic heterocycles. The summed E-state index contributed by atoms with van der Waals surface area (Å²) < 4.78 is 35.2. The Morgan fingerprint density at radius 1 is 1.27 bits per heavy atom. The molecule has 148 valence electrons.